The van der Waals surface area contributed by atoms with Crippen LogP contribution < -0.4 is 0 Å². The number of rotatable bonds is 0. The Morgan fingerprint density at radius 1 is 1.05 bits per heavy atom. The summed E-state index contributed by atoms with van der Waals surface area (Å²) < 4.78 is 0. The summed E-state index contributed by atoms with van der Waals surface area (Å²) >= 11 is 0. The summed E-state index contributed by atoms with van der Waals surface area (Å²) in [6.45, 7) is 2.08. The van der Waals surface area contributed by atoms with E-state index in [1.807, 2.05) is 0 Å². The molecule has 3 unspecified atom stereocenters. The lowest BCUT2D eigenvalue weighted by Crippen LogP contribution is -2.33. The van der Waals surface area contributed by atoms with Crippen LogP contribution in [0.2, 0.25) is 0 Å². The highest BCUT2D eigenvalue weighted by molar-refractivity contribution is 5.97. The monoisotopic (exact) mass is 262 g/mol. The molecular weight excluding hydrogens is 244 g/mol. The van der Waals surface area contributed by atoms with Crippen molar-refractivity contribution >= 4 is 22.6 Å². The number of carbonyl (C=O) groups excluding carboxylic acids is 1. The van der Waals surface area contributed by atoms with Crippen LogP contribution in [-0.4, -0.2) is 5.78 Å². The second-order valence-corrected chi connectivity index (χ2v) is 6.17. The molecule has 1 heteroatoms. The Morgan fingerprint density at radius 2 is 1.90 bits per heavy atom. The highest BCUT2D eigenvalue weighted by Crippen LogP contribution is 2.44. The molecular formula is C19H18O. The van der Waals surface area contributed by atoms with Gasteiger partial charge in [-0.2, -0.15) is 0 Å². The molecule has 20 heavy (non-hydrogen) atoms. The lowest BCUT2D eigenvalue weighted by atomic mass is 9.67. The van der Waals surface area contributed by atoms with E-state index in [2.05, 4.69) is 55.5 Å². The fourth-order valence-corrected chi connectivity index (χ4v) is 3.85. The average Bonchev–Trinajstić information content (AvgIpc) is 2.50. The van der Waals surface area contributed by atoms with E-state index in [4.69, 9.17) is 0 Å². The average molecular weight is 262 g/mol. The molecule has 2 aromatic carbocycles. The zero-order valence-electron chi connectivity index (χ0n) is 11.7. The lowest BCUT2D eigenvalue weighted by molar-refractivity contribution is -0.126. The van der Waals surface area contributed by atoms with E-state index < -0.39 is 0 Å². The minimum atomic E-state index is 0.0864. The number of allylic oxidation sites excluding steroid dienone is 1. The SMILES string of the molecule is CC1CCC2C=Cc3c(ccc4ccccc34)C2C1=O. The summed E-state index contributed by atoms with van der Waals surface area (Å²) in [7, 11) is 0. The molecule has 1 nitrogen and oxygen atoms in total. The minimum absolute atomic E-state index is 0.0864. The van der Waals surface area contributed by atoms with Crippen molar-refractivity contribution in [2.45, 2.75) is 25.7 Å². The third-order valence-corrected chi connectivity index (χ3v) is 5.00. The Labute approximate surface area is 119 Å². The lowest BCUT2D eigenvalue weighted by Gasteiger charge is -2.35. The van der Waals surface area contributed by atoms with Crippen LogP contribution in [0.1, 0.15) is 36.8 Å². The molecule has 0 aromatic heterocycles. The van der Waals surface area contributed by atoms with Crippen molar-refractivity contribution in [2.24, 2.45) is 11.8 Å². The Kier molecular flexibility index (Phi) is 2.56. The van der Waals surface area contributed by atoms with Gasteiger partial charge in [0, 0.05) is 11.8 Å². The number of Topliss-reactive ketones (excluding diaryl/α,β-unsaturated/α-hetero) is 1. The first kappa shape index (κ1) is 11.9. The molecule has 2 aliphatic rings. The Morgan fingerprint density at radius 3 is 2.80 bits per heavy atom. The van der Waals surface area contributed by atoms with E-state index in [1.165, 1.54) is 21.9 Å². The van der Waals surface area contributed by atoms with E-state index in [1.54, 1.807) is 0 Å². The number of fused-ring (bicyclic) bond motifs is 5. The minimum Gasteiger partial charge on any atom is -0.299 e. The zero-order valence-corrected chi connectivity index (χ0v) is 11.7. The van der Waals surface area contributed by atoms with Crippen molar-refractivity contribution in [2.75, 3.05) is 0 Å². The molecule has 3 atom stereocenters. The van der Waals surface area contributed by atoms with Gasteiger partial charge in [0.1, 0.15) is 5.78 Å². The summed E-state index contributed by atoms with van der Waals surface area (Å²) in [5, 5.41) is 2.52. The van der Waals surface area contributed by atoms with Gasteiger partial charge in [-0.3, -0.25) is 4.79 Å². The quantitative estimate of drug-likeness (QED) is 0.680. The topological polar surface area (TPSA) is 17.1 Å². The van der Waals surface area contributed by atoms with Gasteiger partial charge in [0.25, 0.3) is 0 Å². The highest BCUT2D eigenvalue weighted by Gasteiger charge is 2.38. The van der Waals surface area contributed by atoms with Crippen molar-refractivity contribution in [1.82, 2.24) is 0 Å². The molecule has 0 saturated heterocycles. The van der Waals surface area contributed by atoms with E-state index >= 15 is 0 Å². The predicted octanol–water partition coefficient (Wildman–Crippen LogP) is 4.57. The molecule has 0 heterocycles. The van der Waals surface area contributed by atoms with Gasteiger partial charge in [0.05, 0.1) is 0 Å². The van der Waals surface area contributed by atoms with Gasteiger partial charge in [-0.05, 0) is 40.7 Å². The van der Waals surface area contributed by atoms with Gasteiger partial charge >= 0.3 is 0 Å². The van der Waals surface area contributed by atoms with Crippen LogP contribution >= 0.6 is 0 Å². The molecule has 0 spiro atoms. The molecule has 0 bridgehead atoms. The summed E-state index contributed by atoms with van der Waals surface area (Å²) in [6, 6.07) is 12.8. The molecule has 2 aromatic rings. The van der Waals surface area contributed by atoms with Crippen LogP contribution in [0, 0.1) is 11.8 Å². The smallest absolute Gasteiger partial charge is 0.143 e. The van der Waals surface area contributed by atoms with Gasteiger partial charge in [0.15, 0.2) is 0 Å². The van der Waals surface area contributed by atoms with Crippen LogP contribution in [-0.2, 0) is 4.79 Å². The van der Waals surface area contributed by atoms with Gasteiger partial charge in [-0.1, -0.05) is 55.5 Å². The largest absolute Gasteiger partial charge is 0.299 e. The third-order valence-electron chi connectivity index (χ3n) is 5.00. The summed E-state index contributed by atoms with van der Waals surface area (Å²) in [5.74, 6) is 1.14. The Hall–Kier alpha value is -1.89. The normalized spacial score (nSPS) is 28.2. The number of benzene rings is 2. The predicted molar refractivity (Wildman–Crippen MR) is 82.6 cm³/mol. The Balaban J connectivity index is 1.95. The maximum absolute atomic E-state index is 12.6. The van der Waals surface area contributed by atoms with Crippen molar-refractivity contribution in [3.05, 3.63) is 53.6 Å². The van der Waals surface area contributed by atoms with Crippen LogP contribution in [0.3, 0.4) is 0 Å². The number of carbonyl (C=O) groups is 1. The molecule has 0 amide bonds. The summed E-state index contributed by atoms with van der Waals surface area (Å²) in [4.78, 5) is 12.6. The molecule has 4 rings (SSSR count). The van der Waals surface area contributed by atoms with Gasteiger partial charge in [-0.15, -0.1) is 0 Å². The van der Waals surface area contributed by atoms with Crippen molar-refractivity contribution in [3.8, 4) is 0 Å². The Bertz CT molecular complexity index is 726. The molecule has 100 valence electrons. The molecule has 0 aliphatic heterocycles. The van der Waals surface area contributed by atoms with E-state index in [0.29, 0.717) is 11.7 Å². The second-order valence-electron chi connectivity index (χ2n) is 6.17. The van der Waals surface area contributed by atoms with E-state index in [9.17, 15) is 4.79 Å². The summed E-state index contributed by atoms with van der Waals surface area (Å²) in [5.41, 5.74) is 2.50. The fourth-order valence-electron chi connectivity index (χ4n) is 3.85. The zero-order chi connectivity index (χ0) is 13.7. The van der Waals surface area contributed by atoms with Gasteiger partial charge in [-0.25, -0.2) is 0 Å². The molecule has 1 saturated carbocycles. The fraction of sp³-hybridized carbons (Fsp3) is 0.316. The van der Waals surface area contributed by atoms with Gasteiger partial charge in [0.2, 0.25) is 0 Å². The first-order valence-electron chi connectivity index (χ1n) is 7.49. The number of hydrogen-bond acceptors (Lipinski definition) is 1. The second kappa shape index (κ2) is 4.31. The van der Waals surface area contributed by atoms with Crippen molar-refractivity contribution < 1.29 is 4.79 Å². The highest BCUT2D eigenvalue weighted by atomic mass is 16.1. The standard InChI is InChI=1S/C19H18O/c1-12-6-7-14-9-10-16-15-5-3-2-4-13(15)8-11-17(16)18(14)19(12)20/h2-5,8-12,14,18H,6-7H2,1H3. The van der Waals surface area contributed by atoms with Gasteiger partial charge < -0.3 is 0 Å². The molecule has 0 radical (unpaired) electrons. The van der Waals surface area contributed by atoms with Crippen LogP contribution in [0.5, 0.6) is 0 Å². The van der Waals surface area contributed by atoms with E-state index in [0.717, 1.165) is 12.8 Å². The molecule has 1 fully saturated rings. The van der Waals surface area contributed by atoms with Crippen LogP contribution in [0.15, 0.2) is 42.5 Å². The van der Waals surface area contributed by atoms with Crippen LogP contribution in [0.25, 0.3) is 16.8 Å². The maximum atomic E-state index is 12.6. The first-order chi connectivity index (χ1) is 9.75. The number of hydrogen-bond donors (Lipinski definition) is 0. The van der Waals surface area contributed by atoms with Crippen molar-refractivity contribution in [1.29, 1.82) is 0 Å². The molecule has 0 N–H and O–H groups in total. The first-order valence-corrected chi connectivity index (χ1v) is 7.49. The molecule has 2 aliphatic carbocycles. The third kappa shape index (κ3) is 1.59. The van der Waals surface area contributed by atoms with Crippen LogP contribution in [0.4, 0.5) is 0 Å². The maximum Gasteiger partial charge on any atom is 0.143 e. The van der Waals surface area contributed by atoms with E-state index in [-0.39, 0.29) is 11.8 Å². The summed E-state index contributed by atoms with van der Waals surface area (Å²) in [6.07, 6.45) is 6.68. The number of ketones is 1. The van der Waals surface area contributed by atoms with Crippen molar-refractivity contribution in [3.63, 3.8) is 0 Å².